The van der Waals surface area contributed by atoms with Gasteiger partial charge in [0.25, 0.3) is 0 Å². The molecule has 0 aliphatic heterocycles. The summed E-state index contributed by atoms with van der Waals surface area (Å²) in [6, 6.07) is 2.07. The SMILES string of the molecule is C=C(C)[C@H]1CC(O[Si](C)(C)C)=C(C)[C@H](CCc2ccoc2)C1. The third-order valence-corrected chi connectivity index (χ3v) is 5.40. The minimum Gasteiger partial charge on any atom is -0.547 e. The van der Waals surface area contributed by atoms with E-state index in [0.29, 0.717) is 11.8 Å². The summed E-state index contributed by atoms with van der Waals surface area (Å²) in [5, 5.41) is 0. The Labute approximate surface area is 136 Å². The number of furan rings is 1. The Hall–Kier alpha value is -1.22. The maximum absolute atomic E-state index is 6.40. The fraction of sp³-hybridized carbons (Fsp3) is 0.579. The Morgan fingerprint density at radius 1 is 1.41 bits per heavy atom. The quantitative estimate of drug-likeness (QED) is 0.478. The van der Waals surface area contributed by atoms with Gasteiger partial charge in [0, 0.05) is 6.42 Å². The van der Waals surface area contributed by atoms with Gasteiger partial charge in [-0.1, -0.05) is 12.2 Å². The Morgan fingerprint density at radius 2 is 2.14 bits per heavy atom. The summed E-state index contributed by atoms with van der Waals surface area (Å²) < 4.78 is 11.6. The third kappa shape index (κ3) is 4.64. The molecule has 0 N–H and O–H groups in total. The van der Waals surface area contributed by atoms with Gasteiger partial charge in [-0.25, -0.2) is 0 Å². The van der Waals surface area contributed by atoms with Gasteiger partial charge in [-0.15, -0.1) is 0 Å². The lowest BCUT2D eigenvalue weighted by molar-refractivity contribution is 0.298. The molecule has 0 aromatic carbocycles. The van der Waals surface area contributed by atoms with Crippen LogP contribution in [0.15, 0.2) is 46.5 Å². The molecule has 0 fully saturated rings. The Balaban J connectivity index is 2.14. The fourth-order valence-corrected chi connectivity index (χ4v) is 4.18. The summed E-state index contributed by atoms with van der Waals surface area (Å²) in [5.41, 5.74) is 4.04. The minimum atomic E-state index is -1.56. The lowest BCUT2D eigenvalue weighted by Gasteiger charge is -2.35. The van der Waals surface area contributed by atoms with Crippen LogP contribution >= 0.6 is 0 Å². The molecule has 22 heavy (non-hydrogen) atoms. The van der Waals surface area contributed by atoms with Crippen LogP contribution in [0, 0.1) is 11.8 Å². The summed E-state index contributed by atoms with van der Waals surface area (Å²) in [6.45, 7) is 15.4. The molecule has 2 nitrogen and oxygen atoms in total. The van der Waals surface area contributed by atoms with Crippen molar-refractivity contribution in [3.05, 3.63) is 47.6 Å². The first-order valence-electron chi connectivity index (χ1n) is 8.31. The Bertz CT molecular complexity index is 534. The van der Waals surface area contributed by atoms with Crippen molar-refractivity contribution in [3.63, 3.8) is 0 Å². The number of hydrogen-bond donors (Lipinski definition) is 0. The van der Waals surface area contributed by atoms with Crippen LogP contribution in [0.2, 0.25) is 19.6 Å². The largest absolute Gasteiger partial charge is 0.547 e. The molecule has 1 aliphatic rings. The normalized spacial score (nSPS) is 22.8. The molecule has 1 aromatic rings. The van der Waals surface area contributed by atoms with Crippen molar-refractivity contribution in [2.45, 2.75) is 59.2 Å². The number of hydrogen-bond acceptors (Lipinski definition) is 2. The van der Waals surface area contributed by atoms with Crippen LogP contribution in [0.3, 0.4) is 0 Å². The zero-order valence-corrected chi connectivity index (χ0v) is 15.7. The number of rotatable bonds is 6. The average Bonchev–Trinajstić information content (AvgIpc) is 2.91. The van der Waals surface area contributed by atoms with Gasteiger partial charge in [0.15, 0.2) is 0 Å². The maximum atomic E-state index is 6.40. The fourth-order valence-electron chi connectivity index (χ4n) is 3.19. The highest BCUT2D eigenvalue weighted by Crippen LogP contribution is 2.40. The predicted molar refractivity (Wildman–Crippen MR) is 95.2 cm³/mol. The number of allylic oxidation sites excluding steroid dienone is 3. The number of aryl methyl sites for hydroxylation is 1. The first-order valence-corrected chi connectivity index (χ1v) is 11.7. The van der Waals surface area contributed by atoms with Gasteiger partial charge in [-0.3, -0.25) is 0 Å². The van der Waals surface area contributed by atoms with Gasteiger partial charge >= 0.3 is 0 Å². The average molecular weight is 319 g/mol. The summed E-state index contributed by atoms with van der Waals surface area (Å²) in [5.74, 6) is 2.40. The van der Waals surface area contributed by atoms with Gasteiger partial charge in [-0.05, 0) is 81.8 Å². The van der Waals surface area contributed by atoms with Gasteiger partial charge in [0.05, 0.1) is 18.3 Å². The highest BCUT2D eigenvalue weighted by Gasteiger charge is 2.30. The van der Waals surface area contributed by atoms with Crippen LogP contribution in [0.25, 0.3) is 0 Å². The van der Waals surface area contributed by atoms with Crippen LogP contribution in [0.5, 0.6) is 0 Å². The minimum absolute atomic E-state index is 0.560. The van der Waals surface area contributed by atoms with Crippen molar-refractivity contribution >= 4 is 8.32 Å². The Kier molecular flexibility index (Phi) is 5.38. The molecule has 0 bridgehead atoms. The summed E-state index contributed by atoms with van der Waals surface area (Å²) in [6.07, 6.45) is 8.09. The molecule has 0 saturated heterocycles. The predicted octanol–water partition coefficient (Wildman–Crippen LogP) is 5.94. The second-order valence-electron chi connectivity index (χ2n) is 7.67. The molecule has 0 unspecified atom stereocenters. The molecule has 2 rings (SSSR count). The molecule has 3 heteroatoms. The third-order valence-electron chi connectivity index (χ3n) is 4.54. The van der Waals surface area contributed by atoms with E-state index in [1.807, 2.05) is 6.26 Å². The standard InChI is InChI=1S/C19H30O2Si/c1-14(2)18-11-17(8-7-16-9-10-20-13-16)15(3)19(12-18)21-22(4,5)6/h9-10,13,17-18H,1,7-8,11-12H2,2-6H3/t17-,18-/m1/s1. The zero-order valence-electron chi connectivity index (χ0n) is 14.7. The highest BCUT2D eigenvalue weighted by molar-refractivity contribution is 6.70. The molecular formula is C19H30O2Si. The van der Waals surface area contributed by atoms with Crippen molar-refractivity contribution in [2.24, 2.45) is 11.8 Å². The lowest BCUT2D eigenvalue weighted by Crippen LogP contribution is -2.29. The van der Waals surface area contributed by atoms with Crippen LogP contribution in [0.4, 0.5) is 0 Å². The van der Waals surface area contributed by atoms with Gasteiger partial charge in [0.1, 0.15) is 0 Å². The van der Waals surface area contributed by atoms with Crippen LogP contribution in [-0.2, 0) is 10.8 Å². The second-order valence-corrected chi connectivity index (χ2v) is 12.1. The van der Waals surface area contributed by atoms with E-state index in [0.717, 1.165) is 19.3 Å². The molecule has 0 spiro atoms. The van der Waals surface area contributed by atoms with Crippen molar-refractivity contribution in [1.29, 1.82) is 0 Å². The van der Waals surface area contributed by atoms with E-state index in [1.165, 1.54) is 28.9 Å². The molecule has 0 amide bonds. The first-order chi connectivity index (χ1) is 10.3. The molecule has 1 heterocycles. The topological polar surface area (TPSA) is 22.4 Å². The summed E-state index contributed by atoms with van der Waals surface area (Å²) in [4.78, 5) is 0. The molecule has 0 saturated carbocycles. The van der Waals surface area contributed by atoms with Crippen LogP contribution in [-0.4, -0.2) is 8.32 Å². The monoisotopic (exact) mass is 318 g/mol. The van der Waals surface area contributed by atoms with Gasteiger partial charge in [0.2, 0.25) is 8.32 Å². The van der Waals surface area contributed by atoms with E-state index in [9.17, 15) is 0 Å². The molecule has 122 valence electrons. The molecule has 2 atom stereocenters. The van der Waals surface area contributed by atoms with Crippen molar-refractivity contribution in [1.82, 2.24) is 0 Å². The highest BCUT2D eigenvalue weighted by atomic mass is 28.4. The van der Waals surface area contributed by atoms with E-state index in [2.05, 4.69) is 46.1 Å². The van der Waals surface area contributed by atoms with Crippen molar-refractivity contribution in [2.75, 3.05) is 0 Å². The first kappa shape index (κ1) is 17.1. The smallest absolute Gasteiger partial charge is 0.241 e. The molecule has 0 radical (unpaired) electrons. The van der Waals surface area contributed by atoms with Crippen molar-refractivity contribution in [3.8, 4) is 0 Å². The summed E-state index contributed by atoms with van der Waals surface area (Å²) >= 11 is 0. The van der Waals surface area contributed by atoms with Gasteiger partial charge < -0.3 is 8.84 Å². The van der Waals surface area contributed by atoms with Crippen LogP contribution < -0.4 is 0 Å². The van der Waals surface area contributed by atoms with E-state index < -0.39 is 8.32 Å². The van der Waals surface area contributed by atoms with E-state index in [4.69, 9.17) is 8.84 Å². The van der Waals surface area contributed by atoms with E-state index in [-0.39, 0.29) is 0 Å². The van der Waals surface area contributed by atoms with Crippen LogP contribution in [0.1, 0.15) is 38.7 Å². The second kappa shape index (κ2) is 6.91. The van der Waals surface area contributed by atoms with E-state index in [1.54, 1.807) is 6.26 Å². The summed E-state index contributed by atoms with van der Waals surface area (Å²) in [7, 11) is -1.56. The zero-order chi connectivity index (χ0) is 16.3. The lowest BCUT2D eigenvalue weighted by atomic mass is 9.76. The maximum Gasteiger partial charge on any atom is 0.241 e. The van der Waals surface area contributed by atoms with E-state index >= 15 is 0 Å². The van der Waals surface area contributed by atoms with Gasteiger partial charge in [-0.2, -0.15) is 0 Å². The molecule has 1 aromatic heterocycles. The Morgan fingerprint density at radius 3 is 2.68 bits per heavy atom. The van der Waals surface area contributed by atoms with Crippen molar-refractivity contribution < 1.29 is 8.84 Å². The molecular weight excluding hydrogens is 288 g/mol. The molecule has 1 aliphatic carbocycles.